The van der Waals surface area contributed by atoms with Gasteiger partial charge in [0.15, 0.2) is 0 Å². The fraction of sp³-hybridized carbons (Fsp3) is 0.118. The van der Waals surface area contributed by atoms with Gasteiger partial charge in [-0.2, -0.15) is 0 Å². The molecule has 0 bridgehead atoms. The molecule has 0 saturated heterocycles. The van der Waals surface area contributed by atoms with E-state index >= 15 is 0 Å². The molecule has 1 aromatic heterocycles. The predicted octanol–water partition coefficient (Wildman–Crippen LogP) is 3.83. The van der Waals surface area contributed by atoms with Crippen LogP contribution in [0.2, 0.25) is 0 Å². The SMILES string of the molecule is CCN(C(=O)c1ccc2cc[nH]c2c1)c1ccccc1. The molecule has 0 fully saturated rings. The molecule has 2 aromatic carbocycles. The summed E-state index contributed by atoms with van der Waals surface area (Å²) in [6, 6.07) is 17.5. The van der Waals surface area contributed by atoms with Crippen molar-refractivity contribution in [2.45, 2.75) is 6.92 Å². The van der Waals surface area contributed by atoms with Gasteiger partial charge in [-0.3, -0.25) is 4.79 Å². The van der Waals surface area contributed by atoms with Gasteiger partial charge in [0.25, 0.3) is 5.91 Å². The third-order valence-electron chi connectivity index (χ3n) is 3.43. The van der Waals surface area contributed by atoms with Crippen LogP contribution in [0, 0.1) is 0 Å². The molecule has 0 aliphatic carbocycles. The molecule has 1 heterocycles. The Hall–Kier alpha value is -2.55. The molecule has 3 nitrogen and oxygen atoms in total. The largest absolute Gasteiger partial charge is 0.361 e. The van der Waals surface area contributed by atoms with Gasteiger partial charge in [0.05, 0.1) is 0 Å². The minimum Gasteiger partial charge on any atom is -0.361 e. The van der Waals surface area contributed by atoms with Crippen LogP contribution in [-0.2, 0) is 0 Å². The monoisotopic (exact) mass is 264 g/mol. The number of benzene rings is 2. The number of hydrogen-bond acceptors (Lipinski definition) is 1. The molecule has 0 aliphatic heterocycles. The van der Waals surface area contributed by atoms with Crippen LogP contribution in [0.25, 0.3) is 10.9 Å². The molecule has 0 spiro atoms. The van der Waals surface area contributed by atoms with Crippen LogP contribution in [0.5, 0.6) is 0 Å². The van der Waals surface area contributed by atoms with Gasteiger partial charge in [0.2, 0.25) is 0 Å². The number of carbonyl (C=O) groups is 1. The maximum atomic E-state index is 12.7. The smallest absolute Gasteiger partial charge is 0.258 e. The van der Waals surface area contributed by atoms with E-state index in [9.17, 15) is 4.79 Å². The summed E-state index contributed by atoms with van der Waals surface area (Å²) in [5.74, 6) is 0.0233. The molecule has 0 atom stereocenters. The number of aromatic nitrogens is 1. The van der Waals surface area contributed by atoms with E-state index in [1.165, 1.54) is 0 Å². The Balaban J connectivity index is 1.97. The topological polar surface area (TPSA) is 36.1 Å². The molecule has 0 saturated carbocycles. The normalized spacial score (nSPS) is 10.7. The van der Waals surface area contributed by atoms with E-state index in [0.717, 1.165) is 16.6 Å². The molecule has 0 radical (unpaired) electrons. The highest BCUT2D eigenvalue weighted by Gasteiger charge is 2.16. The summed E-state index contributed by atoms with van der Waals surface area (Å²) in [6.07, 6.45) is 1.88. The maximum absolute atomic E-state index is 12.7. The maximum Gasteiger partial charge on any atom is 0.258 e. The van der Waals surface area contributed by atoms with Crippen LogP contribution < -0.4 is 4.90 Å². The van der Waals surface area contributed by atoms with Gasteiger partial charge in [0, 0.05) is 29.5 Å². The molecule has 1 amide bonds. The molecule has 20 heavy (non-hydrogen) atoms. The molecule has 100 valence electrons. The van der Waals surface area contributed by atoms with Crippen molar-refractivity contribution < 1.29 is 4.79 Å². The summed E-state index contributed by atoms with van der Waals surface area (Å²) < 4.78 is 0. The first-order valence-electron chi connectivity index (χ1n) is 6.73. The lowest BCUT2D eigenvalue weighted by molar-refractivity contribution is 0.0988. The van der Waals surface area contributed by atoms with Crippen LogP contribution >= 0.6 is 0 Å². The zero-order valence-corrected chi connectivity index (χ0v) is 11.3. The molecule has 3 heteroatoms. The lowest BCUT2D eigenvalue weighted by Crippen LogP contribution is -2.30. The van der Waals surface area contributed by atoms with Crippen molar-refractivity contribution in [3.05, 3.63) is 66.4 Å². The number of anilines is 1. The van der Waals surface area contributed by atoms with Crippen molar-refractivity contribution in [1.82, 2.24) is 4.98 Å². The summed E-state index contributed by atoms with van der Waals surface area (Å²) >= 11 is 0. The van der Waals surface area contributed by atoms with Crippen LogP contribution in [0.1, 0.15) is 17.3 Å². The molecule has 3 aromatic rings. The Bertz CT molecular complexity index is 731. The highest BCUT2D eigenvalue weighted by Crippen LogP contribution is 2.19. The van der Waals surface area contributed by atoms with Crippen LogP contribution in [0.15, 0.2) is 60.8 Å². The zero-order chi connectivity index (χ0) is 13.9. The van der Waals surface area contributed by atoms with E-state index in [1.807, 2.05) is 67.7 Å². The fourth-order valence-corrected chi connectivity index (χ4v) is 2.39. The van der Waals surface area contributed by atoms with Crippen molar-refractivity contribution in [3.8, 4) is 0 Å². The van der Waals surface area contributed by atoms with Crippen molar-refractivity contribution in [2.24, 2.45) is 0 Å². The van der Waals surface area contributed by atoms with Gasteiger partial charge in [-0.1, -0.05) is 24.3 Å². The number of para-hydroxylation sites is 1. The van der Waals surface area contributed by atoms with Crippen molar-refractivity contribution in [3.63, 3.8) is 0 Å². The highest BCUT2D eigenvalue weighted by molar-refractivity contribution is 6.07. The third-order valence-corrected chi connectivity index (χ3v) is 3.43. The van der Waals surface area contributed by atoms with E-state index in [-0.39, 0.29) is 5.91 Å². The summed E-state index contributed by atoms with van der Waals surface area (Å²) in [5.41, 5.74) is 2.61. The highest BCUT2D eigenvalue weighted by atomic mass is 16.2. The first-order valence-corrected chi connectivity index (χ1v) is 6.73. The number of nitrogens with zero attached hydrogens (tertiary/aromatic N) is 1. The van der Waals surface area contributed by atoms with Crippen LogP contribution in [-0.4, -0.2) is 17.4 Å². The van der Waals surface area contributed by atoms with Gasteiger partial charge in [0.1, 0.15) is 0 Å². The second kappa shape index (κ2) is 5.21. The number of fused-ring (bicyclic) bond motifs is 1. The number of rotatable bonds is 3. The number of H-pyrrole nitrogens is 1. The summed E-state index contributed by atoms with van der Waals surface area (Å²) in [5, 5.41) is 1.12. The third kappa shape index (κ3) is 2.18. The second-order valence-corrected chi connectivity index (χ2v) is 4.66. The first kappa shape index (κ1) is 12.5. The first-order chi connectivity index (χ1) is 9.79. The number of amides is 1. The standard InChI is InChI=1S/C17H16N2O/c1-2-19(15-6-4-3-5-7-15)17(20)14-9-8-13-10-11-18-16(13)12-14/h3-12,18H,2H2,1H3. The number of aromatic amines is 1. The second-order valence-electron chi connectivity index (χ2n) is 4.66. The van der Waals surface area contributed by atoms with Crippen molar-refractivity contribution >= 4 is 22.5 Å². The van der Waals surface area contributed by atoms with E-state index in [1.54, 1.807) is 4.90 Å². The van der Waals surface area contributed by atoms with E-state index in [0.29, 0.717) is 12.1 Å². The number of nitrogens with one attached hydrogen (secondary N) is 1. The molecule has 0 aliphatic rings. The Kier molecular flexibility index (Phi) is 3.25. The molecular formula is C17H16N2O. The lowest BCUT2D eigenvalue weighted by atomic mass is 10.1. The van der Waals surface area contributed by atoms with E-state index in [4.69, 9.17) is 0 Å². The van der Waals surface area contributed by atoms with Crippen LogP contribution in [0.4, 0.5) is 5.69 Å². The van der Waals surface area contributed by atoms with Gasteiger partial charge < -0.3 is 9.88 Å². The van der Waals surface area contributed by atoms with Crippen molar-refractivity contribution in [2.75, 3.05) is 11.4 Å². The molecule has 1 N–H and O–H groups in total. The predicted molar refractivity (Wildman–Crippen MR) is 82.1 cm³/mol. The summed E-state index contributed by atoms with van der Waals surface area (Å²) in [6.45, 7) is 2.63. The minimum absolute atomic E-state index is 0.0233. The van der Waals surface area contributed by atoms with Crippen LogP contribution in [0.3, 0.4) is 0 Å². The zero-order valence-electron chi connectivity index (χ0n) is 11.3. The van der Waals surface area contributed by atoms with E-state index < -0.39 is 0 Å². The van der Waals surface area contributed by atoms with Gasteiger partial charge in [-0.25, -0.2) is 0 Å². The van der Waals surface area contributed by atoms with E-state index in [2.05, 4.69) is 4.98 Å². The van der Waals surface area contributed by atoms with Gasteiger partial charge in [-0.15, -0.1) is 0 Å². The molecule has 3 rings (SSSR count). The van der Waals surface area contributed by atoms with Gasteiger partial charge >= 0.3 is 0 Å². The Morgan fingerprint density at radius 1 is 1.10 bits per heavy atom. The minimum atomic E-state index is 0.0233. The summed E-state index contributed by atoms with van der Waals surface area (Å²) in [4.78, 5) is 17.6. The number of hydrogen-bond donors (Lipinski definition) is 1. The van der Waals surface area contributed by atoms with Gasteiger partial charge in [-0.05, 0) is 42.6 Å². The quantitative estimate of drug-likeness (QED) is 0.766. The molecular weight excluding hydrogens is 248 g/mol. The number of carbonyl (C=O) groups excluding carboxylic acids is 1. The fourth-order valence-electron chi connectivity index (χ4n) is 2.39. The Morgan fingerprint density at radius 3 is 2.65 bits per heavy atom. The Labute approximate surface area is 117 Å². The summed E-state index contributed by atoms with van der Waals surface area (Å²) in [7, 11) is 0. The molecule has 0 unspecified atom stereocenters. The lowest BCUT2D eigenvalue weighted by Gasteiger charge is -2.21. The average molecular weight is 264 g/mol. The average Bonchev–Trinajstić information content (AvgIpc) is 2.96. The Morgan fingerprint density at radius 2 is 1.90 bits per heavy atom. The van der Waals surface area contributed by atoms with Crippen molar-refractivity contribution in [1.29, 1.82) is 0 Å².